The molecule has 0 radical (unpaired) electrons. The molecule has 14 rings (SSSR count). The van der Waals surface area contributed by atoms with Crippen LogP contribution in [0.4, 0.5) is 24.2 Å². The molecule has 22 nitrogen and oxygen atoms in total. The first-order valence-corrected chi connectivity index (χ1v) is 39.0. The monoisotopic (exact) mass is 1600 g/mol. The van der Waals surface area contributed by atoms with Crippen LogP contribution in [-0.2, 0) is 31.9 Å². The number of allylic oxidation sites excluding steroid dienone is 2. The summed E-state index contributed by atoms with van der Waals surface area (Å²) in [5, 5.41) is 37.8. The van der Waals surface area contributed by atoms with E-state index in [-0.39, 0.29) is 42.3 Å². The van der Waals surface area contributed by atoms with E-state index in [1.165, 1.54) is 64.6 Å². The Morgan fingerprint density at radius 2 is 1.11 bits per heavy atom. The fraction of sp³-hybridized carbons (Fsp3) is 0.333. The highest BCUT2D eigenvalue weighted by Crippen LogP contribution is 2.42. The molecule has 6 aliphatic heterocycles. The molecule has 4 N–H and O–H groups in total. The Morgan fingerprint density at radius 1 is 0.648 bits per heavy atom. The molecule has 30 heteroatoms. The predicted molar refractivity (Wildman–Crippen MR) is 415 cm³/mol. The molecule has 0 bridgehead atoms. The molecule has 4 fully saturated rings. The van der Waals surface area contributed by atoms with E-state index in [1.807, 2.05) is 108 Å². The lowest BCUT2D eigenvalue weighted by molar-refractivity contribution is -0.139. The molecule has 0 aliphatic carbocycles. The van der Waals surface area contributed by atoms with Gasteiger partial charge >= 0.3 is 24.0 Å². The van der Waals surface area contributed by atoms with Crippen LogP contribution in [-0.4, -0.2) is 177 Å². The third-order valence-electron chi connectivity index (χ3n) is 19.4. The average Bonchev–Trinajstić information content (AvgIpc) is 1.73. The summed E-state index contributed by atoms with van der Waals surface area (Å²) in [4.78, 5) is 94.7. The lowest BCUT2D eigenvalue weighted by atomic mass is 9.84. The summed E-state index contributed by atoms with van der Waals surface area (Å²) < 4.78 is 25.5. The maximum absolute atomic E-state index is 14.2. The Balaban J connectivity index is 0.000000186. The first-order chi connectivity index (χ1) is 50.3. The number of aliphatic imine (C=N–C) groups is 2. The topological polar surface area (TPSA) is 247 Å². The Morgan fingerprint density at radius 3 is 1.54 bits per heavy atom. The molecule has 0 unspecified atom stereocenters. The minimum absolute atomic E-state index is 0.0618. The van der Waals surface area contributed by atoms with Gasteiger partial charge in [0.15, 0.2) is 31.9 Å². The van der Waals surface area contributed by atoms with Gasteiger partial charge in [-0.1, -0.05) is 141 Å². The van der Waals surface area contributed by atoms with Crippen molar-refractivity contribution in [2.45, 2.75) is 71.6 Å². The molecular formula is C75H76BrCl2FN14O8S4. The molecule has 0 spiro atoms. The number of thiazole rings is 4. The van der Waals surface area contributed by atoms with Gasteiger partial charge in [0.1, 0.15) is 17.9 Å². The van der Waals surface area contributed by atoms with Gasteiger partial charge in [0.05, 0.1) is 72.9 Å². The number of hydrogen-bond acceptors (Lipinski definition) is 22. The molecule has 105 heavy (non-hydrogen) atoms. The minimum Gasteiger partial charge on any atom is -0.512 e. The van der Waals surface area contributed by atoms with Gasteiger partial charge in [-0.3, -0.25) is 29.6 Å². The number of halogens is 4. The number of amidine groups is 2. The lowest BCUT2D eigenvalue weighted by Gasteiger charge is -2.38. The number of aliphatic hydroxyl groups is 2. The molecule has 4 saturated heterocycles. The second-order valence-electron chi connectivity index (χ2n) is 27.4. The number of urea groups is 2. The van der Waals surface area contributed by atoms with Crippen molar-refractivity contribution in [3.63, 3.8) is 0 Å². The maximum atomic E-state index is 14.2. The van der Waals surface area contributed by atoms with Crippen LogP contribution < -0.4 is 20.4 Å². The summed E-state index contributed by atoms with van der Waals surface area (Å²) in [7, 11) is 1.35. The highest BCUT2D eigenvalue weighted by Gasteiger charge is 2.46. The molecule has 546 valence electrons. The predicted octanol–water partition coefficient (Wildman–Crippen LogP) is 14.7. The van der Waals surface area contributed by atoms with E-state index in [2.05, 4.69) is 59.5 Å². The zero-order valence-corrected chi connectivity index (χ0v) is 64.7. The third-order valence-corrected chi connectivity index (χ3v) is 23.9. The number of fused-ring (bicyclic) bond motifs is 2. The van der Waals surface area contributed by atoms with Crippen molar-refractivity contribution in [3.8, 4) is 22.5 Å². The van der Waals surface area contributed by atoms with E-state index in [0.717, 1.165) is 33.6 Å². The number of nitrogens with one attached hydrogen (secondary N) is 2. The van der Waals surface area contributed by atoms with Crippen LogP contribution in [0, 0.1) is 16.6 Å². The summed E-state index contributed by atoms with van der Waals surface area (Å²) in [6, 6.07) is 23.9. The average molecular weight is 1600 g/mol. The number of aliphatic hydroxyl groups excluding tert-OH is 2. The second-order valence-corrected chi connectivity index (χ2v) is 32.6. The van der Waals surface area contributed by atoms with Crippen molar-refractivity contribution >= 4 is 130 Å². The Bertz CT molecular complexity index is 4780. The maximum Gasteiger partial charge on any atom is 0.338 e. The number of hydrogen-bond donors (Lipinski definition) is 4. The number of ether oxygens (including phenoxy) is 2. The number of rotatable bonds is 21. The first kappa shape index (κ1) is 74.6. The number of methoxy groups -OCH3 is 1. The molecule has 8 aromatic rings. The van der Waals surface area contributed by atoms with Gasteiger partial charge in [0.2, 0.25) is 0 Å². The Hall–Kier alpha value is -8.71. The van der Waals surface area contributed by atoms with Gasteiger partial charge in [-0.25, -0.2) is 43.5 Å². The number of aromatic nitrogens is 4. The summed E-state index contributed by atoms with van der Waals surface area (Å²) in [5.74, 6) is -0.0735. The van der Waals surface area contributed by atoms with Gasteiger partial charge in [-0.05, 0) is 60.7 Å². The van der Waals surface area contributed by atoms with Gasteiger partial charge in [-0.15, -0.1) is 45.3 Å². The fourth-order valence-electron chi connectivity index (χ4n) is 13.5. The van der Waals surface area contributed by atoms with Crippen molar-refractivity contribution in [3.05, 3.63) is 219 Å². The van der Waals surface area contributed by atoms with Crippen LogP contribution in [0.2, 0.25) is 10.0 Å². The Labute approximate surface area is 641 Å². The van der Waals surface area contributed by atoms with Gasteiger partial charge in [-0.2, -0.15) is 0 Å². The summed E-state index contributed by atoms with van der Waals surface area (Å²) in [6.45, 7) is 22.3. The highest BCUT2D eigenvalue weighted by atomic mass is 79.9. The number of esters is 2. The van der Waals surface area contributed by atoms with E-state index in [1.54, 1.807) is 53.4 Å². The standard InChI is InChI=1S/C38H39BrFN7O4S2.C37H37Cl2N7O4S2/c1-5-51-35(49)31-29(42-33(34-41-12-15-52-34)44-32(31)27-11-10-25(40)16-28(27)39)20-45-13-14-46-26(18-45)19-47(37(46)50)36-43-30(21-53-36)24-8-6-23(7-9-24)17-38(3,4)22(2)48;1-21(47)37(2,3)16-22-5-7-23(8-6-22)29-20-52-35(42-29)46-18-25-17-44(12-13-45(25)36(46)49)19-28-30(34(48)50-4)31(26-10-9-24(38)15-27(26)39)43-32(41-28)33-40-11-14-51-33/h6-12,15-16,21,26,32,48H,2,5,13-14,17-20H2,1,3-4H3,(H,42,44);5-11,14-15,20,25,31,47H,1,12-13,16-19H2,2-4H3,(H,41,43)/t26-,32-;25-,31-/m00/s1. The summed E-state index contributed by atoms with van der Waals surface area (Å²) in [5.41, 5.74) is 8.02. The van der Waals surface area contributed by atoms with E-state index in [4.69, 9.17) is 52.6 Å². The number of nitrogens with zero attached hydrogens (tertiary/aromatic N) is 12. The number of carbonyl (C=O) groups is 4. The summed E-state index contributed by atoms with van der Waals surface area (Å²) >= 11 is 22.1. The largest absolute Gasteiger partial charge is 0.512 e. The Kier molecular flexibility index (Phi) is 22.3. The molecule has 6 aliphatic rings. The van der Waals surface area contributed by atoms with Crippen LogP contribution >= 0.6 is 84.5 Å². The van der Waals surface area contributed by atoms with Gasteiger partial charge in [0.25, 0.3) is 0 Å². The quantitative estimate of drug-likeness (QED) is 0.0386. The number of benzene rings is 4. The van der Waals surface area contributed by atoms with Crippen LogP contribution in [0.25, 0.3) is 22.5 Å². The normalized spacial score (nSPS) is 19.3. The smallest absolute Gasteiger partial charge is 0.338 e. The zero-order valence-electron chi connectivity index (χ0n) is 58.3. The molecule has 4 aromatic carbocycles. The fourth-order valence-corrected chi connectivity index (χ4v) is 17.4. The van der Waals surface area contributed by atoms with Crippen LogP contribution in [0.1, 0.15) is 79.0 Å². The van der Waals surface area contributed by atoms with E-state index in [9.17, 15) is 33.8 Å². The summed E-state index contributed by atoms with van der Waals surface area (Å²) in [6.07, 6.45) is 4.72. The molecule has 10 heterocycles. The number of piperazine rings is 2. The number of anilines is 2. The minimum atomic E-state index is -0.772. The highest BCUT2D eigenvalue weighted by molar-refractivity contribution is 9.10. The van der Waals surface area contributed by atoms with E-state index < -0.39 is 40.7 Å². The molecule has 4 aromatic heterocycles. The van der Waals surface area contributed by atoms with Crippen molar-refractivity contribution in [2.75, 3.05) is 89.0 Å². The van der Waals surface area contributed by atoms with Crippen LogP contribution in [0.3, 0.4) is 0 Å². The zero-order chi connectivity index (χ0) is 74.2. The van der Waals surface area contributed by atoms with Crippen molar-refractivity contribution in [1.82, 2.24) is 50.2 Å². The lowest BCUT2D eigenvalue weighted by Crippen LogP contribution is -2.53. The van der Waals surface area contributed by atoms with Crippen molar-refractivity contribution < 1.29 is 43.3 Å². The third kappa shape index (κ3) is 16.2. The van der Waals surface area contributed by atoms with Crippen LogP contribution in [0.15, 0.2) is 181 Å². The van der Waals surface area contributed by atoms with E-state index >= 15 is 0 Å². The SMILES string of the molecule is C=C(O)C(C)(C)Cc1ccc(-c2csc(N3C[C@@H]4CN(CC5=C(C(=O)OC)[C@H](c6ccc(Cl)cc6Cl)N=C(c6nccs6)N5)CCN4C3=O)n2)cc1.C=C(O)C(C)(C)Cc1ccc(-c2csc(N3C[C@@H]4CN(CC5=C(C(=O)OCC)[C@H](c6ccc(F)cc6Br)N=C(c6nccs6)N5)CCN4C3=O)n2)cc1. The molecule has 4 atom stereocenters. The first-order valence-electron chi connectivity index (χ1n) is 33.9. The molecule has 4 amide bonds. The van der Waals surface area contributed by atoms with Gasteiger partial charge < -0.3 is 40.1 Å². The number of carbonyl (C=O) groups excluding carboxylic acids is 4. The van der Waals surface area contributed by atoms with E-state index in [0.29, 0.717) is 158 Å². The molecule has 0 saturated carbocycles. The van der Waals surface area contributed by atoms with Gasteiger partial charge in [0, 0.05) is 140 Å². The molecular weight excluding hydrogens is 1520 g/mol. The number of amides is 4. The van der Waals surface area contributed by atoms with Crippen molar-refractivity contribution in [2.24, 2.45) is 20.8 Å². The van der Waals surface area contributed by atoms with Crippen molar-refractivity contribution in [1.29, 1.82) is 0 Å². The van der Waals surface area contributed by atoms with Crippen LogP contribution in [0.5, 0.6) is 0 Å². The second kappa shape index (κ2) is 31.4.